The Morgan fingerprint density at radius 3 is 2.95 bits per heavy atom. The van der Waals surface area contributed by atoms with E-state index in [1.165, 1.54) is 19.2 Å². The summed E-state index contributed by atoms with van der Waals surface area (Å²) < 4.78 is 46.8. The van der Waals surface area contributed by atoms with Gasteiger partial charge in [-0.15, -0.1) is 0 Å². The van der Waals surface area contributed by atoms with Crippen LogP contribution in [0, 0.1) is 11.7 Å². The highest BCUT2D eigenvalue weighted by atomic mass is 35.5. The average molecular weight is 352 g/mol. The molecule has 1 aromatic carbocycles. The first kappa shape index (κ1) is 17.6. The molecule has 9 heteroatoms. The molecule has 3 N–H and O–H groups in total. The summed E-state index contributed by atoms with van der Waals surface area (Å²) in [5.41, 5.74) is 0.726. The lowest BCUT2D eigenvalue weighted by molar-refractivity contribution is 0.0322. The molecule has 22 heavy (non-hydrogen) atoms. The fourth-order valence-corrected chi connectivity index (χ4v) is 3.08. The van der Waals surface area contributed by atoms with Crippen LogP contribution in [-0.2, 0) is 14.9 Å². The van der Waals surface area contributed by atoms with E-state index >= 15 is 0 Å². The van der Waals surface area contributed by atoms with E-state index in [0.717, 1.165) is 5.56 Å². The van der Waals surface area contributed by atoms with Crippen LogP contribution in [0.5, 0.6) is 0 Å². The SMILES string of the molecule is CNS(=O)(=O)NC[C@H]1CNCCO[C@@H]1c1ccc(F)c(Cl)c1. The second-order valence-electron chi connectivity index (χ2n) is 4.99. The van der Waals surface area contributed by atoms with Gasteiger partial charge in [-0.2, -0.15) is 8.42 Å². The summed E-state index contributed by atoms with van der Waals surface area (Å²) in [5, 5.41) is 3.21. The Morgan fingerprint density at radius 2 is 2.27 bits per heavy atom. The highest BCUT2D eigenvalue weighted by Gasteiger charge is 2.27. The molecule has 6 nitrogen and oxygen atoms in total. The van der Waals surface area contributed by atoms with Gasteiger partial charge in [0.05, 0.1) is 17.7 Å². The zero-order valence-electron chi connectivity index (χ0n) is 12.1. The van der Waals surface area contributed by atoms with Gasteiger partial charge in [0.1, 0.15) is 5.82 Å². The lowest BCUT2D eigenvalue weighted by Gasteiger charge is -2.25. The third kappa shape index (κ3) is 4.61. The Kier molecular flexibility index (Phi) is 6.13. The summed E-state index contributed by atoms with van der Waals surface area (Å²) >= 11 is 5.83. The maximum absolute atomic E-state index is 13.3. The van der Waals surface area contributed by atoms with Crippen LogP contribution in [-0.4, -0.2) is 41.7 Å². The molecular formula is C13H19ClFN3O3S. The quantitative estimate of drug-likeness (QED) is 0.733. The van der Waals surface area contributed by atoms with Crippen molar-refractivity contribution in [1.29, 1.82) is 0 Å². The maximum Gasteiger partial charge on any atom is 0.276 e. The summed E-state index contributed by atoms with van der Waals surface area (Å²) in [6, 6.07) is 4.41. The number of rotatable bonds is 5. The minimum Gasteiger partial charge on any atom is -0.372 e. The number of hydrogen-bond donors (Lipinski definition) is 3. The van der Waals surface area contributed by atoms with Crippen molar-refractivity contribution < 1.29 is 17.5 Å². The molecule has 0 aromatic heterocycles. The Bertz CT molecular complexity index is 615. The second kappa shape index (κ2) is 7.67. The predicted molar refractivity (Wildman–Crippen MR) is 82.4 cm³/mol. The first-order chi connectivity index (χ1) is 10.4. The molecule has 1 aromatic rings. The van der Waals surface area contributed by atoms with E-state index in [1.807, 2.05) is 0 Å². The van der Waals surface area contributed by atoms with Gasteiger partial charge in [-0.1, -0.05) is 17.7 Å². The highest BCUT2D eigenvalue weighted by molar-refractivity contribution is 7.87. The van der Waals surface area contributed by atoms with Crippen LogP contribution < -0.4 is 14.8 Å². The van der Waals surface area contributed by atoms with Gasteiger partial charge in [-0.3, -0.25) is 0 Å². The average Bonchev–Trinajstić information content (AvgIpc) is 2.73. The molecule has 0 aliphatic carbocycles. The molecule has 0 radical (unpaired) electrons. The largest absolute Gasteiger partial charge is 0.372 e. The van der Waals surface area contributed by atoms with Crippen LogP contribution in [0.2, 0.25) is 5.02 Å². The van der Waals surface area contributed by atoms with Crippen molar-refractivity contribution in [3.8, 4) is 0 Å². The van der Waals surface area contributed by atoms with Gasteiger partial charge in [-0.25, -0.2) is 13.8 Å². The van der Waals surface area contributed by atoms with Crippen molar-refractivity contribution in [2.75, 3.05) is 33.3 Å². The molecular weight excluding hydrogens is 333 g/mol. The van der Waals surface area contributed by atoms with Crippen LogP contribution in [0.25, 0.3) is 0 Å². The number of nitrogens with one attached hydrogen (secondary N) is 3. The lowest BCUT2D eigenvalue weighted by atomic mass is 9.95. The van der Waals surface area contributed by atoms with E-state index in [0.29, 0.717) is 19.7 Å². The standard InChI is InChI=1S/C13H19ClFN3O3S/c1-16-22(19,20)18-8-10-7-17-4-5-21-13(10)9-2-3-12(15)11(14)6-9/h2-3,6,10,13,16-18H,4-5,7-8H2,1H3/t10-,13-/m1/s1. The molecule has 1 saturated heterocycles. The molecule has 2 atom stereocenters. The van der Waals surface area contributed by atoms with E-state index in [9.17, 15) is 12.8 Å². The molecule has 0 spiro atoms. The van der Waals surface area contributed by atoms with E-state index in [4.69, 9.17) is 16.3 Å². The molecule has 2 rings (SSSR count). The molecule has 1 aliphatic rings. The lowest BCUT2D eigenvalue weighted by Crippen LogP contribution is -2.40. The molecule has 1 fully saturated rings. The smallest absolute Gasteiger partial charge is 0.276 e. The van der Waals surface area contributed by atoms with E-state index in [-0.39, 0.29) is 23.6 Å². The minimum absolute atomic E-state index is 0.0212. The van der Waals surface area contributed by atoms with Crippen molar-refractivity contribution in [3.05, 3.63) is 34.6 Å². The van der Waals surface area contributed by atoms with E-state index < -0.39 is 16.0 Å². The fraction of sp³-hybridized carbons (Fsp3) is 0.538. The summed E-state index contributed by atoms with van der Waals surface area (Å²) in [4.78, 5) is 0. The first-order valence-electron chi connectivity index (χ1n) is 6.88. The summed E-state index contributed by atoms with van der Waals surface area (Å²) in [5.74, 6) is -0.642. The topological polar surface area (TPSA) is 79.5 Å². The highest BCUT2D eigenvalue weighted by Crippen LogP contribution is 2.29. The number of benzene rings is 1. The van der Waals surface area contributed by atoms with Crippen LogP contribution in [0.4, 0.5) is 4.39 Å². The predicted octanol–water partition coefficient (Wildman–Crippen LogP) is 0.810. The van der Waals surface area contributed by atoms with Crippen LogP contribution >= 0.6 is 11.6 Å². The molecule has 1 heterocycles. The van der Waals surface area contributed by atoms with Crippen LogP contribution in [0.15, 0.2) is 18.2 Å². The summed E-state index contributed by atoms with van der Waals surface area (Å²) in [6.07, 6.45) is -0.368. The van der Waals surface area contributed by atoms with Crippen LogP contribution in [0.3, 0.4) is 0 Å². The van der Waals surface area contributed by atoms with Gasteiger partial charge in [0.15, 0.2) is 0 Å². The normalized spacial score (nSPS) is 23.2. The molecule has 0 bridgehead atoms. The van der Waals surface area contributed by atoms with Crippen molar-refractivity contribution in [2.24, 2.45) is 5.92 Å². The zero-order chi connectivity index (χ0) is 16.2. The van der Waals surface area contributed by atoms with Crippen molar-refractivity contribution >= 4 is 21.8 Å². The fourth-order valence-electron chi connectivity index (χ4n) is 2.31. The third-order valence-electron chi connectivity index (χ3n) is 3.49. The van der Waals surface area contributed by atoms with Gasteiger partial charge >= 0.3 is 0 Å². The Labute approximate surface area is 134 Å². The van der Waals surface area contributed by atoms with Gasteiger partial charge in [0.25, 0.3) is 10.2 Å². The minimum atomic E-state index is -3.52. The van der Waals surface area contributed by atoms with Gasteiger partial charge in [0, 0.05) is 32.6 Å². The third-order valence-corrected chi connectivity index (χ3v) is 4.86. The number of halogens is 2. The van der Waals surface area contributed by atoms with Crippen molar-refractivity contribution in [1.82, 2.24) is 14.8 Å². The van der Waals surface area contributed by atoms with Crippen molar-refractivity contribution in [3.63, 3.8) is 0 Å². The Hall–Kier alpha value is -0.770. The monoisotopic (exact) mass is 351 g/mol. The van der Waals surface area contributed by atoms with Gasteiger partial charge < -0.3 is 10.1 Å². The summed E-state index contributed by atoms with van der Waals surface area (Å²) in [7, 11) is -2.19. The van der Waals surface area contributed by atoms with Gasteiger partial charge in [0.2, 0.25) is 0 Å². The maximum atomic E-state index is 13.3. The summed E-state index contributed by atoms with van der Waals surface area (Å²) in [6.45, 7) is 1.91. The van der Waals surface area contributed by atoms with Gasteiger partial charge in [-0.05, 0) is 17.7 Å². The molecule has 0 saturated carbocycles. The number of ether oxygens (including phenoxy) is 1. The molecule has 0 amide bonds. The second-order valence-corrected chi connectivity index (χ2v) is 7.10. The Balaban J connectivity index is 2.18. The van der Waals surface area contributed by atoms with E-state index in [1.54, 1.807) is 6.07 Å². The molecule has 124 valence electrons. The zero-order valence-corrected chi connectivity index (χ0v) is 13.7. The molecule has 1 aliphatic heterocycles. The van der Waals surface area contributed by atoms with Crippen LogP contribution in [0.1, 0.15) is 11.7 Å². The Morgan fingerprint density at radius 1 is 1.50 bits per heavy atom. The number of hydrogen-bond acceptors (Lipinski definition) is 4. The molecule has 0 unspecified atom stereocenters. The van der Waals surface area contributed by atoms with Crippen molar-refractivity contribution in [2.45, 2.75) is 6.10 Å². The van der Waals surface area contributed by atoms with E-state index in [2.05, 4.69) is 14.8 Å². The first-order valence-corrected chi connectivity index (χ1v) is 8.74.